The summed E-state index contributed by atoms with van der Waals surface area (Å²) >= 11 is 0. The summed E-state index contributed by atoms with van der Waals surface area (Å²) in [5, 5.41) is 0. The van der Waals surface area contributed by atoms with Crippen molar-refractivity contribution in [2.75, 3.05) is 13.2 Å². The Kier molecular flexibility index (Phi) is 38.1. The number of carbonyl (C=O) groups is 3. The maximum atomic E-state index is 12.5. The Balaban J connectivity index is 4.10. The second kappa shape index (κ2) is 40.1. The molecule has 6 nitrogen and oxygen atoms in total. The lowest BCUT2D eigenvalue weighted by Gasteiger charge is -2.18. The van der Waals surface area contributed by atoms with E-state index in [0.29, 0.717) is 19.3 Å². The Bertz CT molecular complexity index is 918. The Morgan fingerprint density at radius 3 is 1.20 bits per heavy atom. The van der Waals surface area contributed by atoms with Crippen molar-refractivity contribution >= 4 is 17.9 Å². The first-order chi connectivity index (χ1) is 25.0. The summed E-state index contributed by atoms with van der Waals surface area (Å²) in [6.07, 6.45) is 45.7. The number of hydrogen-bond donors (Lipinski definition) is 0. The van der Waals surface area contributed by atoms with E-state index in [-0.39, 0.29) is 31.1 Å². The van der Waals surface area contributed by atoms with E-state index in [1.807, 2.05) is 0 Å². The number of allylic oxidation sites excluding steroid dienone is 8. The number of carbonyl (C=O) groups excluding carboxylic acids is 3. The van der Waals surface area contributed by atoms with Crippen LogP contribution >= 0.6 is 0 Å². The Labute approximate surface area is 314 Å². The number of esters is 3. The third-order valence-electron chi connectivity index (χ3n) is 8.85. The predicted molar refractivity (Wildman–Crippen MR) is 215 cm³/mol. The first-order valence-corrected chi connectivity index (χ1v) is 21.1. The van der Waals surface area contributed by atoms with E-state index in [1.54, 1.807) is 0 Å². The molecule has 0 aromatic heterocycles. The average molecular weight is 715 g/mol. The monoisotopic (exact) mass is 715 g/mol. The van der Waals surface area contributed by atoms with Gasteiger partial charge in [-0.05, 0) is 57.8 Å². The molecular formula is C45H78O6. The summed E-state index contributed by atoms with van der Waals surface area (Å²) in [5.41, 5.74) is 0. The van der Waals surface area contributed by atoms with Crippen LogP contribution in [0.15, 0.2) is 48.6 Å². The van der Waals surface area contributed by atoms with Gasteiger partial charge in [0.2, 0.25) is 0 Å². The molecule has 0 bridgehead atoms. The zero-order valence-electron chi connectivity index (χ0n) is 33.4. The molecule has 294 valence electrons. The zero-order chi connectivity index (χ0) is 37.3. The van der Waals surface area contributed by atoms with E-state index >= 15 is 0 Å². The summed E-state index contributed by atoms with van der Waals surface area (Å²) in [7, 11) is 0. The molecule has 0 N–H and O–H groups in total. The lowest BCUT2D eigenvalue weighted by molar-refractivity contribution is -0.167. The molecule has 0 saturated carbocycles. The first kappa shape index (κ1) is 48.4. The molecule has 1 unspecified atom stereocenters. The van der Waals surface area contributed by atoms with E-state index in [4.69, 9.17) is 14.2 Å². The molecule has 0 aliphatic rings. The van der Waals surface area contributed by atoms with Gasteiger partial charge in [-0.3, -0.25) is 14.4 Å². The van der Waals surface area contributed by atoms with Crippen molar-refractivity contribution in [1.82, 2.24) is 0 Å². The highest BCUT2D eigenvalue weighted by atomic mass is 16.6. The van der Waals surface area contributed by atoms with Crippen LogP contribution in [-0.4, -0.2) is 37.2 Å². The third kappa shape index (κ3) is 38.4. The molecule has 0 fully saturated rings. The molecular weight excluding hydrogens is 636 g/mol. The average Bonchev–Trinajstić information content (AvgIpc) is 3.13. The van der Waals surface area contributed by atoms with Crippen LogP contribution in [0.1, 0.15) is 201 Å². The van der Waals surface area contributed by atoms with Gasteiger partial charge in [0.1, 0.15) is 13.2 Å². The maximum Gasteiger partial charge on any atom is 0.306 e. The van der Waals surface area contributed by atoms with Crippen molar-refractivity contribution < 1.29 is 28.6 Å². The van der Waals surface area contributed by atoms with E-state index in [2.05, 4.69) is 69.4 Å². The van der Waals surface area contributed by atoms with Crippen LogP contribution in [0.5, 0.6) is 0 Å². The van der Waals surface area contributed by atoms with Gasteiger partial charge in [0, 0.05) is 19.3 Å². The molecule has 0 radical (unpaired) electrons. The molecule has 0 aliphatic heterocycles. The van der Waals surface area contributed by atoms with Gasteiger partial charge in [0.15, 0.2) is 6.10 Å². The number of ether oxygens (including phenoxy) is 3. The lowest BCUT2D eigenvalue weighted by Crippen LogP contribution is -2.30. The van der Waals surface area contributed by atoms with Crippen LogP contribution in [0.2, 0.25) is 0 Å². The van der Waals surface area contributed by atoms with Crippen LogP contribution in [0.25, 0.3) is 0 Å². The van der Waals surface area contributed by atoms with Crippen LogP contribution in [-0.2, 0) is 28.6 Å². The molecule has 51 heavy (non-hydrogen) atoms. The van der Waals surface area contributed by atoms with Gasteiger partial charge in [-0.2, -0.15) is 0 Å². The van der Waals surface area contributed by atoms with Crippen molar-refractivity contribution in [3.8, 4) is 0 Å². The molecule has 0 aliphatic carbocycles. The van der Waals surface area contributed by atoms with Crippen LogP contribution < -0.4 is 0 Å². The van der Waals surface area contributed by atoms with Crippen molar-refractivity contribution in [3.05, 3.63) is 48.6 Å². The highest BCUT2D eigenvalue weighted by Crippen LogP contribution is 2.13. The van der Waals surface area contributed by atoms with Crippen molar-refractivity contribution in [2.45, 2.75) is 207 Å². The largest absolute Gasteiger partial charge is 0.462 e. The second-order valence-electron chi connectivity index (χ2n) is 13.9. The SMILES string of the molecule is CC/C=C\C/C=C\C/C=C\C/C=C\CCCCCCCCCCC(=O)OCC(COC(=O)CCCCCCCC)OC(=O)CCCCCCCC. The van der Waals surface area contributed by atoms with Gasteiger partial charge >= 0.3 is 17.9 Å². The number of rotatable bonds is 37. The summed E-state index contributed by atoms with van der Waals surface area (Å²) in [6.45, 7) is 6.37. The van der Waals surface area contributed by atoms with Crippen molar-refractivity contribution in [3.63, 3.8) is 0 Å². The topological polar surface area (TPSA) is 78.9 Å². The fourth-order valence-electron chi connectivity index (χ4n) is 5.67. The third-order valence-corrected chi connectivity index (χ3v) is 8.85. The van der Waals surface area contributed by atoms with Gasteiger partial charge in [0.05, 0.1) is 0 Å². The highest BCUT2D eigenvalue weighted by Gasteiger charge is 2.19. The van der Waals surface area contributed by atoms with Gasteiger partial charge in [-0.1, -0.05) is 172 Å². The molecule has 0 spiro atoms. The van der Waals surface area contributed by atoms with Crippen LogP contribution in [0.4, 0.5) is 0 Å². The van der Waals surface area contributed by atoms with E-state index < -0.39 is 6.10 Å². The summed E-state index contributed by atoms with van der Waals surface area (Å²) < 4.78 is 16.5. The van der Waals surface area contributed by atoms with Crippen LogP contribution in [0.3, 0.4) is 0 Å². The van der Waals surface area contributed by atoms with E-state index in [1.165, 1.54) is 70.6 Å². The lowest BCUT2D eigenvalue weighted by atomic mass is 10.1. The van der Waals surface area contributed by atoms with Crippen molar-refractivity contribution in [1.29, 1.82) is 0 Å². The molecule has 0 saturated heterocycles. The maximum absolute atomic E-state index is 12.5. The smallest absolute Gasteiger partial charge is 0.306 e. The minimum atomic E-state index is -0.766. The molecule has 0 heterocycles. The highest BCUT2D eigenvalue weighted by molar-refractivity contribution is 5.71. The summed E-state index contributed by atoms with van der Waals surface area (Å²) in [4.78, 5) is 37.2. The predicted octanol–water partition coefficient (Wildman–Crippen LogP) is 13.2. The number of hydrogen-bond acceptors (Lipinski definition) is 6. The molecule has 0 aromatic carbocycles. The Morgan fingerprint density at radius 2 is 0.765 bits per heavy atom. The fraction of sp³-hybridized carbons (Fsp3) is 0.756. The van der Waals surface area contributed by atoms with E-state index in [0.717, 1.165) is 89.9 Å². The van der Waals surface area contributed by atoms with Crippen molar-refractivity contribution in [2.24, 2.45) is 0 Å². The fourth-order valence-corrected chi connectivity index (χ4v) is 5.67. The second-order valence-corrected chi connectivity index (χ2v) is 13.9. The van der Waals surface area contributed by atoms with Gasteiger partial charge in [-0.25, -0.2) is 0 Å². The first-order valence-electron chi connectivity index (χ1n) is 21.1. The summed E-state index contributed by atoms with van der Waals surface area (Å²) in [6, 6.07) is 0. The Morgan fingerprint density at radius 1 is 0.412 bits per heavy atom. The van der Waals surface area contributed by atoms with Gasteiger partial charge < -0.3 is 14.2 Å². The normalized spacial score (nSPS) is 12.5. The summed E-state index contributed by atoms with van der Waals surface area (Å²) in [5.74, 6) is -0.908. The minimum absolute atomic E-state index is 0.0758. The molecule has 0 rings (SSSR count). The Hall–Kier alpha value is -2.63. The van der Waals surface area contributed by atoms with Gasteiger partial charge in [0.25, 0.3) is 0 Å². The van der Waals surface area contributed by atoms with E-state index in [9.17, 15) is 14.4 Å². The molecule has 6 heteroatoms. The minimum Gasteiger partial charge on any atom is -0.462 e. The quantitative estimate of drug-likeness (QED) is 0.0276. The molecule has 0 amide bonds. The number of unbranched alkanes of at least 4 members (excludes halogenated alkanes) is 18. The zero-order valence-corrected chi connectivity index (χ0v) is 33.4. The standard InChI is InChI=1S/C45H78O6/c1-4-7-10-13-16-17-18-19-20-21-22-23-24-25-26-27-28-29-30-33-35-38-44(47)50-41-42(51-45(48)39-36-32-15-12-9-6-3)40-49-43(46)37-34-31-14-11-8-5-2/h7,10,16-17,19-20,22-23,42H,4-6,8-9,11-15,18,21,24-41H2,1-3H3/b10-7-,17-16-,20-19-,23-22-. The van der Waals surface area contributed by atoms with Gasteiger partial charge in [-0.15, -0.1) is 0 Å². The van der Waals surface area contributed by atoms with Crippen LogP contribution in [0, 0.1) is 0 Å². The molecule has 1 atom stereocenters. The molecule has 0 aromatic rings.